The first-order valence-electron chi connectivity index (χ1n) is 5.51. The number of aliphatic hydroxyl groups is 1. The van der Waals surface area contributed by atoms with Gasteiger partial charge in [0.25, 0.3) is 0 Å². The molecule has 0 saturated carbocycles. The summed E-state index contributed by atoms with van der Waals surface area (Å²) < 4.78 is 27.6. The first-order chi connectivity index (χ1) is 7.05. The smallest absolute Gasteiger partial charge is 0.150 e. The van der Waals surface area contributed by atoms with Gasteiger partial charge in [-0.3, -0.25) is 0 Å². The van der Waals surface area contributed by atoms with Crippen LogP contribution in [0.3, 0.4) is 0 Å². The Morgan fingerprint density at radius 3 is 2.80 bits per heavy atom. The summed E-state index contributed by atoms with van der Waals surface area (Å²) in [4.78, 5) is 0. The minimum absolute atomic E-state index is 0.189. The summed E-state index contributed by atoms with van der Waals surface area (Å²) >= 11 is 0. The molecular formula is C10H20O4S. The van der Waals surface area contributed by atoms with E-state index in [9.17, 15) is 13.5 Å². The molecule has 1 aliphatic rings. The van der Waals surface area contributed by atoms with Crippen molar-refractivity contribution in [2.45, 2.75) is 32.3 Å². The first-order valence-corrected chi connectivity index (χ1v) is 7.33. The highest BCUT2D eigenvalue weighted by Gasteiger charge is 2.23. The van der Waals surface area contributed by atoms with Crippen molar-refractivity contribution >= 4 is 9.84 Å². The van der Waals surface area contributed by atoms with Gasteiger partial charge in [-0.25, -0.2) is 8.42 Å². The highest BCUT2D eigenvalue weighted by Crippen LogP contribution is 2.19. The Kier molecular flexibility index (Phi) is 5.02. The van der Waals surface area contributed by atoms with Gasteiger partial charge in [-0.1, -0.05) is 6.92 Å². The van der Waals surface area contributed by atoms with E-state index in [2.05, 4.69) is 0 Å². The normalized spacial score (nSPS) is 24.3. The van der Waals surface area contributed by atoms with Crippen LogP contribution in [0.5, 0.6) is 0 Å². The fraction of sp³-hybridized carbons (Fsp3) is 1.00. The number of hydrogen-bond acceptors (Lipinski definition) is 4. The molecule has 1 saturated heterocycles. The van der Waals surface area contributed by atoms with Crippen LogP contribution < -0.4 is 0 Å². The van der Waals surface area contributed by atoms with Crippen LogP contribution in [0.2, 0.25) is 0 Å². The van der Waals surface area contributed by atoms with Crippen molar-refractivity contribution in [2.24, 2.45) is 5.92 Å². The molecule has 90 valence electrons. The van der Waals surface area contributed by atoms with Gasteiger partial charge < -0.3 is 9.84 Å². The van der Waals surface area contributed by atoms with Gasteiger partial charge in [0.05, 0.1) is 18.5 Å². The molecule has 0 aliphatic carbocycles. The Hall–Kier alpha value is -0.130. The molecule has 2 unspecified atom stereocenters. The standard InChI is InChI=1S/C10H20O4S/c1-2-15(12,13)7-3-4-10(11)9-5-6-14-8-9/h9-11H,2-8H2,1H3. The third kappa shape index (κ3) is 4.49. The van der Waals surface area contributed by atoms with Crippen LogP contribution in [0.1, 0.15) is 26.2 Å². The van der Waals surface area contributed by atoms with E-state index in [4.69, 9.17) is 4.74 Å². The maximum absolute atomic E-state index is 11.2. The lowest BCUT2D eigenvalue weighted by atomic mass is 9.98. The average molecular weight is 236 g/mol. The lowest BCUT2D eigenvalue weighted by molar-refractivity contribution is 0.0844. The van der Waals surface area contributed by atoms with E-state index < -0.39 is 15.9 Å². The van der Waals surface area contributed by atoms with E-state index in [1.54, 1.807) is 6.92 Å². The number of rotatable bonds is 6. The second-order valence-corrected chi connectivity index (χ2v) is 6.54. The zero-order chi connectivity index (χ0) is 11.3. The number of sulfone groups is 1. The molecular weight excluding hydrogens is 216 g/mol. The molecule has 15 heavy (non-hydrogen) atoms. The van der Waals surface area contributed by atoms with E-state index in [0.29, 0.717) is 19.4 Å². The summed E-state index contributed by atoms with van der Waals surface area (Å²) in [6, 6.07) is 0. The van der Waals surface area contributed by atoms with Gasteiger partial charge in [-0.2, -0.15) is 0 Å². The molecule has 4 nitrogen and oxygen atoms in total. The van der Waals surface area contributed by atoms with Crippen molar-refractivity contribution in [3.8, 4) is 0 Å². The van der Waals surface area contributed by atoms with Gasteiger partial charge in [-0.15, -0.1) is 0 Å². The fourth-order valence-corrected chi connectivity index (χ4v) is 2.64. The summed E-state index contributed by atoms with van der Waals surface area (Å²) in [5.41, 5.74) is 0. The summed E-state index contributed by atoms with van der Waals surface area (Å²) in [7, 11) is -2.88. The van der Waals surface area contributed by atoms with E-state index in [0.717, 1.165) is 13.0 Å². The Balaban J connectivity index is 2.19. The van der Waals surface area contributed by atoms with Crippen LogP contribution in [0.25, 0.3) is 0 Å². The molecule has 0 aromatic heterocycles. The molecule has 0 bridgehead atoms. The molecule has 1 heterocycles. The predicted octanol–water partition coefficient (Wildman–Crippen LogP) is 0.599. The van der Waals surface area contributed by atoms with Gasteiger partial charge in [0, 0.05) is 18.3 Å². The van der Waals surface area contributed by atoms with E-state index in [1.807, 2.05) is 0 Å². The zero-order valence-corrected chi connectivity index (χ0v) is 10.0. The first kappa shape index (κ1) is 12.9. The second kappa shape index (κ2) is 5.82. The lowest BCUT2D eigenvalue weighted by Gasteiger charge is -2.15. The molecule has 1 fully saturated rings. The number of aliphatic hydroxyl groups excluding tert-OH is 1. The average Bonchev–Trinajstić information content (AvgIpc) is 2.70. The van der Waals surface area contributed by atoms with Gasteiger partial charge >= 0.3 is 0 Å². The molecule has 0 spiro atoms. The minimum atomic E-state index is -2.88. The quantitative estimate of drug-likeness (QED) is 0.733. The predicted molar refractivity (Wildman–Crippen MR) is 58.5 cm³/mol. The molecule has 0 aromatic carbocycles. The van der Waals surface area contributed by atoms with Crippen LogP contribution >= 0.6 is 0 Å². The maximum atomic E-state index is 11.2. The number of hydrogen-bond donors (Lipinski definition) is 1. The Morgan fingerprint density at radius 1 is 1.53 bits per heavy atom. The molecule has 0 radical (unpaired) electrons. The van der Waals surface area contributed by atoms with Crippen LogP contribution in [0.4, 0.5) is 0 Å². The minimum Gasteiger partial charge on any atom is -0.393 e. The number of ether oxygens (including phenoxy) is 1. The zero-order valence-electron chi connectivity index (χ0n) is 9.18. The van der Waals surface area contributed by atoms with Crippen molar-refractivity contribution < 1.29 is 18.3 Å². The van der Waals surface area contributed by atoms with Crippen molar-refractivity contribution in [3.63, 3.8) is 0 Å². The van der Waals surface area contributed by atoms with E-state index in [-0.39, 0.29) is 17.4 Å². The summed E-state index contributed by atoms with van der Waals surface area (Å²) in [5, 5.41) is 9.74. The van der Waals surface area contributed by atoms with Crippen LogP contribution in [0, 0.1) is 5.92 Å². The lowest BCUT2D eigenvalue weighted by Crippen LogP contribution is -2.21. The third-order valence-electron chi connectivity index (χ3n) is 2.90. The van der Waals surface area contributed by atoms with Gasteiger partial charge in [0.1, 0.15) is 9.84 Å². The van der Waals surface area contributed by atoms with E-state index in [1.165, 1.54) is 0 Å². The highest BCUT2D eigenvalue weighted by atomic mass is 32.2. The van der Waals surface area contributed by atoms with Crippen LogP contribution in [0.15, 0.2) is 0 Å². The van der Waals surface area contributed by atoms with Crippen molar-refractivity contribution in [2.75, 3.05) is 24.7 Å². The van der Waals surface area contributed by atoms with Gasteiger partial charge in [0.15, 0.2) is 0 Å². The Morgan fingerprint density at radius 2 is 2.27 bits per heavy atom. The topological polar surface area (TPSA) is 63.6 Å². The van der Waals surface area contributed by atoms with Gasteiger partial charge in [0.2, 0.25) is 0 Å². The maximum Gasteiger partial charge on any atom is 0.150 e. The molecule has 1 rings (SSSR count). The van der Waals surface area contributed by atoms with E-state index >= 15 is 0 Å². The van der Waals surface area contributed by atoms with Crippen molar-refractivity contribution in [1.29, 1.82) is 0 Å². The summed E-state index contributed by atoms with van der Waals surface area (Å²) in [6.07, 6.45) is 1.60. The fourth-order valence-electron chi connectivity index (χ4n) is 1.75. The SMILES string of the molecule is CCS(=O)(=O)CCCC(O)C1CCOC1. The highest BCUT2D eigenvalue weighted by molar-refractivity contribution is 7.91. The molecule has 1 aliphatic heterocycles. The van der Waals surface area contributed by atoms with Gasteiger partial charge in [-0.05, 0) is 19.3 Å². The molecule has 1 N–H and O–H groups in total. The Labute approximate surface area is 91.6 Å². The Bertz CT molecular complexity index is 267. The van der Waals surface area contributed by atoms with Crippen molar-refractivity contribution in [1.82, 2.24) is 0 Å². The van der Waals surface area contributed by atoms with Crippen molar-refractivity contribution in [3.05, 3.63) is 0 Å². The molecule has 5 heteroatoms. The summed E-state index contributed by atoms with van der Waals surface area (Å²) in [5.74, 6) is 0.582. The van der Waals surface area contributed by atoms with Crippen LogP contribution in [-0.2, 0) is 14.6 Å². The second-order valence-electron chi connectivity index (χ2n) is 4.07. The van der Waals surface area contributed by atoms with Crippen LogP contribution in [-0.4, -0.2) is 44.3 Å². The molecule has 2 atom stereocenters. The molecule has 0 amide bonds. The molecule has 0 aromatic rings. The largest absolute Gasteiger partial charge is 0.393 e. The third-order valence-corrected chi connectivity index (χ3v) is 4.69. The monoisotopic (exact) mass is 236 g/mol. The summed E-state index contributed by atoms with van der Waals surface area (Å²) in [6.45, 7) is 2.98.